The molecular weight excluding hydrogens is 450 g/mol. The fourth-order valence-electron chi connectivity index (χ4n) is 4.90. The van der Waals surface area contributed by atoms with E-state index in [1.165, 1.54) is 12.8 Å². The van der Waals surface area contributed by atoms with Crippen LogP contribution in [0.5, 0.6) is 5.75 Å². The number of unbranched alkanes of at least 4 members (excludes halogenated alkanes) is 3. The van der Waals surface area contributed by atoms with Crippen LogP contribution in [0.4, 0.5) is 0 Å². The van der Waals surface area contributed by atoms with Crippen molar-refractivity contribution in [3.8, 4) is 5.75 Å². The Kier molecular flexibility index (Phi) is 7.17. The molecule has 0 spiro atoms. The van der Waals surface area contributed by atoms with Gasteiger partial charge in [0, 0.05) is 6.54 Å². The van der Waals surface area contributed by atoms with Gasteiger partial charge in [-0.2, -0.15) is 0 Å². The molecule has 4 aromatic rings. The fourth-order valence-corrected chi connectivity index (χ4v) is 4.90. The van der Waals surface area contributed by atoms with Gasteiger partial charge in [0.05, 0.1) is 23.6 Å². The second-order valence-corrected chi connectivity index (χ2v) is 9.28. The van der Waals surface area contributed by atoms with Crippen molar-refractivity contribution < 1.29 is 13.9 Å². The number of rotatable bonds is 10. The third-order valence-electron chi connectivity index (χ3n) is 6.82. The Labute approximate surface area is 211 Å². The maximum absolute atomic E-state index is 13.6. The van der Waals surface area contributed by atoms with Crippen LogP contribution in [0.15, 0.2) is 88.1 Å². The molecule has 3 aromatic carbocycles. The molecule has 0 unspecified atom stereocenters. The first-order valence-electron chi connectivity index (χ1n) is 12.8. The number of carbonyl (C=O) groups is 1. The first kappa shape index (κ1) is 23.9. The van der Waals surface area contributed by atoms with Gasteiger partial charge in [-0.1, -0.05) is 80.8 Å². The van der Waals surface area contributed by atoms with Gasteiger partial charge >= 0.3 is 0 Å². The number of hydrogen-bond acceptors (Lipinski definition) is 4. The number of fused-ring (bicyclic) bond motifs is 2. The predicted octanol–water partition coefficient (Wildman–Crippen LogP) is 6.54. The van der Waals surface area contributed by atoms with E-state index < -0.39 is 6.04 Å². The van der Waals surface area contributed by atoms with Crippen LogP contribution in [0.2, 0.25) is 0 Å². The molecule has 36 heavy (non-hydrogen) atoms. The summed E-state index contributed by atoms with van der Waals surface area (Å²) in [5.41, 5.74) is 2.71. The number of nitrogens with zero attached hydrogens (tertiary/aromatic N) is 1. The van der Waals surface area contributed by atoms with E-state index in [2.05, 4.69) is 6.92 Å². The van der Waals surface area contributed by atoms with Gasteiger partial charge in [-0.15, -0.1) is 0 Å². The molecule has 5 nitrogen and oxygen atoms in total. The van der Waals surface area contributed by atoms with Crippen molar-refractivity contribution in [1.82, 2.24) is 4.90 Å². The summed E-state index contributed by atoms with van der Waals surface area (Å²) in [6, 6.07) is 24.4. The van der Waals surface area contributed by atoms with Crippen molar-refractivity contribution in [3.63, 3.8) is 0 Å². The lowest BCUT2D eigenvalue weighted by atomic mass is 9.98. The Hall–Kier alpha value is -3.86. The lowest BCUT2D eigenvalue weighted by Crippen LogP contribution is -2.31. The molecule has 1 atom stereocenters. The number of ether oxygens (including phenoxy) is 1. The second kappa shape index (κ2) is 10.8. The monoisotopic (exact) mass is 481 g/mol. The molecule has 5 rings (SSSR count). The van der Waals surface area contributed by atoms with E-state index in [1.807, 2.05) is 66.7 Å². The summed E-state index contributed by atoms with van der Waals surface area (Å²) in [6.45, 7) is 3.35. The minimum Gasteiger partial charge on any atom is -0.494 e. The molecule has 0 bridgehead atoms. The van der Waals surface area contributed by atoms with Crippen LogP contribution in [0.3, 0.4) is 0 Å². The van der Waals surface area contributed by atoms with Crippen LogP contribution in [0.1, 0.15) is 65.9 Å². The highest BCUT2D eigenvalue weighted by Crippen LogP contribution is 2.38. The molecule has 1 amide bonds. The van der Waals surface area contributed by atoms with E-state index in [0.717, 1.165) is 29.7 Å². The van der Waals surface area contributed by atoms with E-state index in [0.29, 0.717) is 36.1 Å². The maximum Gasteiger partial charge on any atom is 0.290 e. The largest absolute Gasteiger partial charge is 0.494 e. The zero-order valence-corrected chi connectivity index (χ0v) is 20.6. The standard InChI is InChI=1S/C31H31NO4/c1-2-3-4-10-21-35-24-17-15-23(16-18-24)28-27-29(33)25-13-8-9-14-26(25)36-30(27)31(34)32(28)20-19-22-11-6-5-7-12-22/h5-9,11-18,28H,2-4,10,19-21H2,1H3/t28-/m0/s1. The Morgan fingerprint density at radius 1 is 0.861 bits per heavy atom. The average Bonchev–Trinajstić information content (AvgIpc) is 3.20. The Balaban J connectivity index is 1.47. The SMILES string of the molecule is CCCCCCOc1ccc([C@H]2c3c(oc4ccccc4c3=O)C(=O)N2CCc2ccccc2)cc1. The molecule has 0 N–H and O–H groups in total. The van der Waals surface area contributed by atoms with Gasteiger partial charge in [-0.25, -0.2) is 0 Å². The van der Waals surface area contributed by atoms with Crippen LogP contribution in [-0.4, -0.2) is 24.0 Å². The molecule has 0 aliphatic carbocycles. The lowest BCUT2D eigenvalue weighted by molar-refractivity contribution is 0.0730. The second-order valence-electron chi connectivity index (χ2n) is 9.28. The summed E-state index contributed by atoms with van der Waals surface area (Å²) >= 11 is 0. The van der Waals surface area contributed by atoms with E-state index in [4.69, 9.17) is 9.15 Å². The number of carbonyl (C=O) groups excluding carboxylic acids is 1. The third-order valence-corrected chi connectivity index (χ3v) is 6.82. The van der Waals surface area contributed by atoms with Gasteiger partial charge in [0.25, 0.3) is 5.91 Å². The molecular formula is C31H31NO4. The number of para-hydroxylation sites is 1. The first-order chi connectivity index (χ1) is 17.7. The van der Waals surface area contributed by atoms with Crippen molar-refractivity contribution in [2.45, 2.75) is 45.1 Å². The summed E-state index contributed by atoms with van der Waals surface area (Å²) < 4.78 is 11.9. The Morgan fingerprint density at radius 2 is 1.61 bits per heavy atom. The van der Waals surface area contributed by atoms with Crippen LogP contribution >= 0.6 is 0 Å². The molecule has 0 radical (unpaired) electrons. The molecule has 0 saturated heterocycles. The van der Waals surface area contributed by atoms with Crippen molar-refractivity contribution >= 4 is 16.9 Å². The Morgan fingerprint density at radius 3 is 2.39 bits per heavy atom. The fraction of sp³-hybridized carbons (Fsp3) is 0.290. The number of amides is 1. The number of benzene rings is 3. The zero-order valence-electron chi connectivity index (χ0n) is 20.6. The van der Waals surface area contributed by atoms with Crippen LogP contribution in [0.25, 0.3) is 11.0 Å². The quantitative estimate of drug-likeness (QED) is 0.241. The van der Waals surface area contributed by atoms with E-state index in [-0.39, 0.29) is 17.1 Å². The molecule has 5 heteroatoms. The van der Waals surface area contributed by atoms with Gasteiger partial charge in [0.2, 0.25) is 5.76 Å². The Bertz CT molecular complexity index is 1390. The summed E-state index contributed by atoms with van der Waals surface area (Å²) in [5.74, 6) is 0.694. The van der Waals surface area contributed by atoms with Crippen molar-refractivity contribution in [2.24, 2.45) is 0 Å². The van der Waals surface area contributed by atoms with Gasteiger partial charge < -0.3 is 14.1 Å². The minimum atomic E-state index is -0.504. The molecule has 0 fully saturated rings. The number of hydrogen-bond donors (Lipinski definition) is 0. The van der Waals surface area contributed by atoms with Gasteiger partial charge in [0.15, 0.2) is 5.43 Å². The van der Waals surface area contributed by atoms with E-state index >= 15 is 0 Å². The highest BCUT2D eigenvalue weighted by atomic mass is 16.5. The van der Waals surface area contributed by atoms with Gasteiger partial charge in [0.1, 0.15) is 11.3 Å². The normalized spacial score (nSPS) is 14.9. The lowest BCUT2D eigenvalue weighted by Gasteiger charge is -2.25. The van der Waals surface area contributed by atoms with Crippen molar-refractivity contribution in [3.05, 3.63) is 112 Å². The van der Waals surface area contributed by atoms with E-state index in [9.17, 15) is 9.59 Å². The topological polar surface area (TPSA) is 59.8 Å². The molecule has 2 heterocycles. The van der Waals surface area contributed by atoms with Crippen molar-refractivity contribution in [1.29, 1.82) is 0 Å². The highest BCUT2D eigenvalue weighted by Gasteiger charge is 2.42. The molecule has 1 aromatic heterocycles. The summed E-state index contributed by atoms with van der Waals surface area (Å²) in [6.07, 6.45) is 5.29. The van der Waals surface area contributed by atoms with E-state index in [1.54, 1.807) is 17.0 Å². The first-order valence-corrected chi connectivity index (χ1v) is 12.8. The summed E-state index contributed by atoms with van der Waals surface area (Å²) in [7, 11) is 0. The predicted molar refractivity (Wildman–Crippen MR) is 142 cm³/mol. The summed E-state index contributed by atoms with van der Waals surface area (Å²) in [5, 5.41) is 0.492. The van der Waals surface area contributed by atoms with Crippen LogP contribution < -0.4 is 10.2 Å². The van der Waals surface area contributed by atoms with Gasteiger partial charge in [-0.3, -0.25) is 9.59 Å². The van der Waals surface area contributed by atoms with Crippen LogP contribution in [-0.2, 0) is 6.42 Å². The minimum absolute atomic E-state index is 0.146. The highest BCUT2D eigenvalue weighted by molar-refractivity contribution is 5.99. The zero-order chi connectivity index (χ0) is 24.9. The maximum atomic E-state index is 13.6. The molecule has 0 saturated carbocycles. The smallest absolute Gasteiger partial charge is 0.290 e. The third kappa shape index (κ3) is 4.78. The molecule has 184 valence electrons. The molecule has 1 aliphatic rings. The van der Waals surface area contributed by atoms with Crippen molar-refractivity contribution in [2.75, 3.05) is 13.2 Å². The summed E-state index contributed by atoms with van der Waals surface area (Å²) in [4.78, 5) is 28.9. The average molecular weight is 482 g/mol. The van der Waals surface area contributed by atoms with Crippen LogP contribution in [0, 0.1) is 0 Å². The van der Waals surface area contributed by atoms with Gasteiger partial charge in [-0.05, 0) is 48.2 Å². The molecule has 1 aliphatic heterocycles.